The Bertz CT molecular complexity index is 177. The van der Waals surface area contributed by atoms with Gasteiger partial charge in [-0.15, -0.1) is 0 Å². The Morgan fingerprint density at radius 3 is 2.64 bits per heavy atom. The average molecular weight is 154 g/mol. The monoisotopic (exact) mass is 154 g/mol. The smallest absolute Gasteiger partial charge is 0.240 e. The van der Waals surface area contributed by atoms with Crippen LogP contribution in [0.1, 0.15) is 26.2 Å². The van der Waals surface area contributed by atoms with E-state index in [4.69, 9.17) is 0 Å². The van der Waals surface area contributed by atoms with Crippen LogP contribution in [-0.4, -0.2) is 29.6 Å². The second kappa shape index (κ2) is 2.48. The third-order valence-corrected chi connectivity index (χ3v) is 2.74. The molecule has 1 N–H and O–H groups in total. The van der Waals surface area contributed by atoms with Gasteiger partial charge in [0.05, 0.1) is 12.7 Å². The molecule has 62 valence electrons. The van der Waals surface area contributed by atoms with Crippen molar-refractivity contribution in [3.63, 3.8) is 0 Å². The highest BCUT2D eigenvalue weighted by atomic mass is 16.2. The van der Waals surface area contributed by atoms with Crippen LogP contribution in [0, 0.1) is 0 Å². The van der Waals surface area contributed by atoms with Gasteiger partial charge in [0.2, 0.25) is 5.91 Å². The summed E-state index contributed by atoms with van der Waals surface area (Å²) in [6, 6.07) is 0.607. The lowest BCUT2D eigenvalue weighted by Gasteiger charge is -2.34. The molecular weight excluding hydrogens is 140 g/mol. The van der Waals surface area contributed by atoms with E-state index in [2.05, 4.69) is 5.32 Å². The molecule has 1 aliphatic carbocycles. The summed E-state index contributed by atoms with van der Waals surface area (Å²) in [6.07, 6.45) is 3.71. The number of rotatable bonds is 1. The standard InChI is InChI=1S/C8H14N2O/c1-6-8(11)10(5-9-6)7-3-2-4-7/h6-7,9H,2-5H2,1H3. The van der Waals surface area contributed by atoms with Crippen molar-refractivity contribution in [3.05, 3.63) is 0 Å². The summed E-state index contributed by atoms with van der Waals surface area (Å²) in [5.74, 6) is 0.287. The molecule has 3 nitrogen and oxygen atoms in total. The molecule has 0 aromatic carbocycles. The van der Waals surface area contributed by atoms with E-state index in [9.17, 15) is 4.79 Å². The van der Waals surface area contributed by atoms with Crippen LogP contribution in [-0.2, 0) is 4.79 Å². The van der Waals surface area contributed by atoms with Gasteiger partial charge in [-0.3, -0.25) is 10.1 Å². The largest absolute Gasteiger partial charge is 0.326 e. The molecule has 3 heteroatoms. The Morgan fingerprint density at radius 1 is 1.55 bits per heavy atom. The first-order chi connectivity index (χ1) is 5.29. The third-order valence-electron chi connectivity index (χ3n) is 2.74. The molecule has 1 atom stereocenters. The first-order valence-electron chi connectivity index (χ1n) is 4.33. The SMILES string of the molecule is CC1NCN(C2CCC2)C1=O. The minimum atomic E-state index is 0.0515. The number of nitrogens with zero attached hydrogens (tertiary/aromatic N) is 1. The molecule has 1 aliphatic heterocycles. The van der Waals surface area contributed by atoms with Crippen molar-refractivity contribution in [2.24, 2.45) is 0 Å². The van der Waals surface area contributed by atoms with E-state index in [1.165, 1.54) is 19.3 Å². The molecule has 1 amide bonds. The highest BCUT2D eigenvalue weighted by Gasteiger charge is 2.35. The maximum atomic E-state index is 11.4. The predicted octanol–water partition coefficient (Wildman–Crippen LogP) is 0.317. The quantitative estimate of drug-likeness (QED) is 0.590. The molecule has 0 bridgehead atoms. The van der Waals surface area contributed by atoms with Crippen molar-refractivity contribution in [3.8, 4) is 0 Å². The van der Waals surface area contributed by atoms with Gasteiger partial charge < -0.3 is 4.90 Å². The zero-order chi connectivity index (χ0) is 7.84. The Labute approximate surface area is 66.8 Å². The molecule has 0 radical (unpaired) electrons. The molecular formula is C8H14N2O. The summed E-state index contributed by atoms with van der Waals surface area (Å²) in [5.41, 5.74) is 0. The van der Waals surface area contributed by atoms with Crippen molar-refractivity contribution in [1.29, 1.82) is 0 Å². The van der Waals surface area contributed by atoms with E-state index in [1.54, 1.807) is 0 Å². The molecule has 11 heavy (non-hydrogen) atoms. The van der Waals surface area contributed by atoms with Crippen LogP contribution in [0.15, 0.2) is 0 Å². The first kappa shape index (κ1) is 7.10. The van der Waals surface area contributed by atoms with Crippen molar-refractivity contribution >= 4 is 5.91 Å². The lowest BCUT2D eigenvalue weighted by Crippen LogP contribution is -2.42. The van der Waals surface area contributed by atoms with E-state index >= 15 is 0 Å². The van der Waals surface area contributed by atoms with Crippen molar-refractivity contribution in [2.75, 3.05) is 6.67 Å². The lowest BCUT2D eigenvalue weighted by molar-refractivity contribution is -0.131. The van der Waals surface area contributed by atoms with E-state index < -0.39 is 0 Å². The Morgan fingerprint density at radius 2 is 2.27 bits per heavy atom. The third kappa shape index (κ3) is 1.03. The summed E-state index contributed by atoms with van der Waals surface area (Å²) in [4.78, 5) is 13.4. The van der Waals surface area contributed by atoms with Crippen LogP contribution in [0.3, 0.4) is 0 Å². The number of carbonyl (C=O) groups excluding carboxylic acids is 1. The predicted molar refractivity (Wildman–Crippen MR) is 41.9 cm³/mol. The topological polar surface area (TPSA) is 32.3 Å². The second-order valence-corrected chi connectivity index (χ2v) is 3.48. The zero-order valence-corrected chi connectivity index (χ0v) is 6.84. The minimum Gasteiger partial charge on any atom is -0.326 e. The number of nitrogens with one attached hydrogen (secondary N) is 1. The van der Waals surface area contributed by atoms with Gasteiger partial charge in [0.15, 0.2) is 0 Å². The second-order valence-electron chi connectivity index (χ2n) is 3.48. The Balaban J connectivity index is 1.98. The maximum absolute atomic E-state index is 11.4. The van der Waals surface area contributed by atoms with E-state index in [0.29, 0.717) is 6.04 Å². The maximum Gasteiger partial charge on any atom is 0.240 e. The molecule has 1 heterocycles. The fourth-order valence-electron chi connectivity index (χ4n) is 1.66. The lowest BCUT2D eigenvalue weighted by atomic mass is 9.92. The molecule has 2 rings (SSSR count). The Hall–Kier alpha value is -0.570. The summed E-state index contributed by atoms with van der Waals surface area (Å²) in [7, 11) is 0. The van der Waals surface area contributed by atoms with Gasteiger partial charge in [0.1, 0.15) is 0 Å². The first-order valence-corrected chi connectivity index (χ1v) is 4.33. The average Bonchev–Trinajstić information content (AvgIpc) is 2.15. The molecule has 0 spiro atoms. The van der Waals surface area contributed by atoms with Gasteiger partial charge in [-0.25, -0.2) is 0 Å². The van der Waals surface area contributed by atoms with Crippen molar-refractivity contribution < 1.29 is 4.79 Å². The highest BCUT2D eigenvalue weighted by Crippen LogP contribution is 2.26. The minimum absolute atomic E-state index is 0.0515. The summed E-state index contributed by atoms with van der Waals surface area (Å²) < 4.78 is 0. The van der Waals surface area contributed by atoms with Gasteiger partial charge in [0, 0.05) is 6.04 Å². The number of amides is 1. The molecule has 2 aliphatic rings. The molecule has 1 saturated heterocycles. The highest BCUT2D eigenvalue weighted by molar-refractivity contribution is 5.83. The van der Waals surface area contributed by atoms with Crippen LogP contribution in [0.5, 0.6) is 0 Å². The van der Waals surface area contributed by atoms with E-state index in [0.717, 1.165) is 6.67 Å². The van der Waals surface area contributed by atoms with Crippen molar-refractivity contribution in [1.82, 2.24) is 10.2 Å². The van der Waals surface area contributed by atoms with Gasteiger partial charge in [-0.05, 0) is 26.2 Å². The normalized spacial score (nSPS) is 32.6. The summed E-state index contributed by atoms with van der Waals surface area (Å²) in [5, 5.41) is 3.14. The number of carbonyl (C=O) groups is 1. The summed E-state index contributed by atoms with van der Waals surface area (Å²) >= 11 is 0. The van der Waals surface area contributed by atoms with Gasteiger partial charge in [-0.1, -0.05) is 0 Å². The van der Waals surface area contributed by atoms with Crippen LogP contribution >= 0.6 is 0 Å². The van der Waals surface area contributed by atoms with Gasteiger partial charge in [0.25, 0.3) is 0 Å². The van der Waals surface area contributed by atoms with E-state index in [1.807, 2.05) is 11.8 Å². The molecule has 1 unspecified atom stereocenters. The van der Waals surface area contributed by atoms with Crippen LogP contribution < -0.4 is 5.32 Å². The number of hydrogen-bond acceptors (Lipinski definition) is 2. The Kier molecular flexibility index (Phi) is 1.60. The van der Waals surface area contributed by atoms with Crippen molar-refractivity contribution in [2.45, 2.75) is 38.3 Å². The van der Waals surface area contributed by atoms with Crippen LogP contribution in [0.25, 0.3) is 0 Å². The zero-order valence-electron chi connectivity index (χ0n) is 6.84. The van der Waals surface area contributed by atoms with Gasteiger partial charge in [-0.2, -0.15) is 0 Å². The molecule has 2 fully saturated rings. The van der Waals surface area contributed by atoms with Crippen LogP contribution in [0.2, 0.25) is 0 Å². The van der Waals surface area contributed by atoms with E-state index in [-0.39, 0.29) is 11.9 Å². The van der Waals surface area contributed by atoms with Gasteiger partial charge >= 0.3 is 0 Å². The number of hydrogen-bond donors (Lipinski definition) is 1. The van der Waals surface area contributed by atoms with Crippen LogP contribution in [0.4, 0.5) is 0 Å². The molecule has 0 aromatic heterocycles. The fourth-order valence-corrected chi connectivity index (χ4v) is 1.66. The fraction of sp³-hybridized carbons (Fsp3) is 0.875. The molecule has 1 saturated carbocycles. The molecule has 0 aromatic rings. The summed E-state index contributed by atoms with van der Waals surface area (Å²) in [6.45, 7) is 2.70.